The van der Waals surface area contributed by atoms with Crippen LogP contribution in [0.25, 0.3) is 11.3 Å². The van der Waals surface area contributed by atoms with Crippen LogP contribution in [0.3, 0.4) is 0 Å². The summed E-state index contributed by atoms with van der Waals surface area (Å²) >= 11 is 7.41. The van der Waals surface area contributed by atoms with Gasteiger partial charge in [-0.25, -0.2) is 9.78 Å². The summed E-state index contributed by atoms with van der Waals surface area (Å²) in [6.45, 7) is -0.442. The van der Waals surface area contributed by atoms with E-state index < -0.39 is 12.6 Å². The number of carboxylic acid groups (broad SMARTS) is 1. The van der Waals surface area contributed by atoms with Gasteiger partial charge in [-0.2, -0.15) is 5.10 Å². The highest BCUT2D eigenvalue weighted by atomic mass is 35.5. The Morgan fingerprint density at radius 3 is 2.88 bits per heavy atom. The number of aliphatic carboxylic acids is 1. The van der Waals surface area contributed by atoms with Gasteiger partial charge in [0.1, 0.15) is 5.75 Å². The van der Waals surface area contributed by atoms with Crippen molar-refractivity contribution >= 4 is 40.3 Å². The predicted octanol–water partition coefficient (Wildman–Crippen LogP) is 4.37. The van der Waals surface area contributed by atoms with E-state index in [-0.39, 0.29) is 0 Å². The SMILES string of the molecule is O=C(O)COc1ccc(Cl)cc1C=NNc1nc(-c2ccccc2)cs1. The Balaban J connectivity index is 1.70. The van der Waals surface area contributed by atoms with Crippen molar-refractivity contribution in [3.63, 3.8) is 0 Å². The number of thiazole rings is 1. The average molecular weight is 388 g/mol. The zero-order chi connectivity index (χ0) is 18.4. The van der Waals surface area contributed by atoms with E-state index in [1.165, 1.54) is 17.6 Å². The van der Waals surface area contributed by atoms with Crippen molar-refractivity contribution in [2.24, 2.45) is 5.10 Å². The third kappa shape index (κ3) is 4.81. The molecule has 26 heavy (non-hydrogen) atoms. The molecule has 0 unspecified atom stereocenters. The molecule has 1 aromatic heterocycles. The van der Waals surface area contributed by atoms with Crippen LogP contribution in [0.1, 0.15) is 5.56 Å². The third-order valence-electron chi connectivity index (χ3n) is 3.26. The van der Waals surface area contributed by atoms with Crippen LogP contribution in [0.5, 0.6) is 5.75 Å². The number of hydrazone groups is 1. The number of aromatic nitrogens is 1. The van der Waals surface area contributed by atoms with Gasteiger partial charge in [-0.05, 0) is 18.2 Å². The predicted molar refractivity (Wildman–Crippen MR) is 103 cm³/mol. The molecule has 0 aliphatic carbocycles. The number of ether oxygens (including phenoxy) is 1. The summed E-state index contributed by atoms with van der Waals surface area (Å²) < 4.78 is 5.23. The van der Waals surface area contributed by atoms with Gasteiger partial charge in [0.05, 0.1) is 11.9 Å². The van der Waals surface area contributed by atoms with Crippen LogP contribution in [0.2, 0.25) is 5.02 Å². The molecular weight excluding hydrogens is 374 g/mol. The molecule has 0 saturated carbocycles. The van der Waals surface area contributed by atoms with E-state index in [1.807, 2.05) is 35.7 Å². The second kappa shape index (κ2) is 8.46. The number of carboxylic acids is 1. The minimum absolute atomic E-state index is 0.381. The van der Waals surface area contributed by atoms with E-state index in [0.717, 1.165) is 11.3 Å². The first-order valence-corrected chi connectivity index (χ1v) is 8.82. The van der Waals surface area contributed by atoms with Gasteiger partial charge >= 0.3 is 5.97 Å². The summed E-state index contributed by atoms with van der Waals surface area (Å²) in [6, 6.07) is 14.7. The third-order valence-corrected chi connectivity index (χ3v) is 4.24. The van der Waals surface area contributed by atoms with Crippen molar-refractivity contribution in [3.05, 3.63) is 64.5 Å². The molecule has 3 rings (SSSR count). The van der Waals surface area contributed by atoms with Crippen molar-refractivity contribution in [1.29, 1.82) is 0 Å². The molecule has 0 fully saturated rings. The van der Waals surface area contributed by atoms with Crippen LogP contribution in [-0.4, -0.2) is 28.9 Å². The monoisotopic (exact) mass is 387 g/mol. The van der Waals surface area contributed by atoms with Gasteiger partial charge in [-0.15, -0.1) is 11.3 Å². The molecule has 0 amide bonds. The molecule has 0 atom stereocenters. The Bertz CT molecular complexity index is 928. The lowest BCUT2D eigenvalue weighted by Crippen LogP contribution is -2.10. The van der Waals surface area contributed by atoms with Crippen LogP contribution in [0.4, 0.5) is 5.13 Å². The topological polar surface area (TPSA) is 83.8 Å². The first kappa shape index (κ1) is 17.9. The van der Waals surface area contributed by atoms with Crippen LogP contribution in [-0.2, 0) is 4.79 Å². The molecule has 2 N–H and O–H groups in total. The summed E-state index contributed by atoms with van der Waals surface area (Å²) in [6.07, 6.45) is 1.51. The maximum Gasteiger partial charge on any atom is 0.341 e. The van der Waals surface area contributed by atoms with Crippen molar-refractivity contribution in [2.75, 3.05) is 12.0 Å². The highest BCUT2D eigenvalue weighted by Gasteiger charge is 2.06. The number of hydrogen-bond donors (Lipinski definition) is 2. The summed E-state index contributed by atoms with van der Waals surface area (Å²) in [7, 11) is 0. The van der Waals surface area contributed by atoms with Crippen LogP contribution in [0, 0.1) is 0 Å². The number of benzene rings is 2. The molecule has 0 spiro atoms. The lowest BCUT2D eigenvalue weighted by Gasteiger charge is -2.07. The van der Waals surface area contributed by atoms with Crippen molar-refractivity contribution in [1.82, 2.24) is 4.98 Å². The number of nitrogens with one attached hydrogen (secondary N) is 1. The standard InChI is InChI=1S/C18H14ClN3O3S/c19-14-6-7-16(25-10-17(23)24)13(8-14)9-20-22-18-21-15(11-26-18)12-4-2-1-3-5-12/h1-9,11H,10H2,(H,21,22)(H,23,24). The molecule has 0 aliphatic rings. The molecular formula is C18H14ClN3O3S. The van der Waals surface area contributed by atoms with Gasteiger partial charge < -0.3 is 9.84 Å². The maximum absolute atomic E-state index is 10.7. The first-order valence-electron chi connectivity index (χ1n) is 7.56. The van der Waals surface area contributed by atoms with Crippen LogP contribution < -0.4 is 10.2 Å². The normalized spacial score (nSPS) is 10.8. The van der Waals surface area contributed by atoms with E-state index >= 15 is 0 Å². The fraction of sp³-hybridized carbons (Fsp3) is 0.0556. The number of anilines is 1. The van der Waals surface area contributed by atoms with Crippen molar-refractivity contribution < 1.29 is 14.6 Å². The van der Waals surface area contributed by atoms with Gasteiger partial charge in [-0.1, -0.05) is 41.9 Å². The zero-order valence-corrected chi connectivity index (χ0v) is 15.0. The molecule has 0 aliphatic heterocycles. The van der Waals surface area contributed by atoms with Gasteiger partial charge in [0, 0.05) is 21.5 Å². The lowest BCUT2D eigenvalue weighted by molar-refractivity contribution is -0.139. The molecule has 2 aromatic carbocycles. The first-order chi connectivity index (χ1) is 12.6. The Morgan fingerprint density at radius 2 is 2.12 bits per heavy atom. The minimum atomic E-state index is -1.06. The fourth-order valence-electron chi connectivity index (χ4n) is 2.11. The number of hydrogen-bond acceptors (Lipinski definition) is 6. The Labute approximate surface area is 158 Å². The number of carbonyl (C=O) groups is 1. The van der Waals surface area contributed by atoms with Crippen LogP contribution in [0.15, 0.2) is 59.0 Å². The van der Waals surface area contributed by atoms with Crippen molar-refractivity contribution in [3.8, 4) is 17.0 Å². The zero-order valence-electron chi connectivity index (χ0n) is 13.4. The van der Waals surface area contributed by atoms with E-state index in [4.69, 9.17) is 21.4 Å². The highest BCUT2D eigenvalue weighted by Crippen LogP contribution is 2.25. The molecule has 8 heteroatoms. The van der Waals surface area contributed by atoms with Gasteiger partial charge in [-0.3, -0.25) is 5.43 Å². The van der Waals surface area contributed by atoms with Gasteiger partial charge in [0.25, 0.3) is 0 Å². The number of nitrogens with zero attached hydrogens (tertiary/aromatic N) is 2. The van der Waals surface area contributed by atoms with E-state index in [2.05, 4.69) is 15.5 Å². The molecule has 6 nitrogen and oxygen atoms in total. The molecule has 1 heterocycles. The summed E-state index contributed by atoms with van der Waals surface area (Å²) in [5, 5.41) is 15.9. The second-order valence-electron chi connectivity index (χ2n) is 5.14. The van der Waals surface area contributed by atoms with Crippen LogP contribution >= 0.6 is 22.9 Å². The van der Waals surface area contributed by atoms with E-state index in [1.54, 1.807) is 18.2 Å². The lowest BCUT2D eigenvalue weighted by atomic mass is 10.2. The quantitative estimate of drug-likeness (QED) is 0.464. The Kier molecular flexibility index (Phi) is 5.83. The molecule has 0 bridgehead atoms. The Morgan fingerprint density at radius 1 is 1.31 bits per heavy atom. The van der Waals surface area contributed by atoms with E-state index in [0.29, 0.717) is 21.5 Å². The molecule has 0 saturated heterocycles. The molecule has 132 valence electrons. The summed E-state index contributed by atoms with van der Waals surface area (Å²) in [5.41, 5.74) is 5.31. The fourth-order valence-corrected chi connectivity index (χ4v) is 2.96. The number of rotatable bonds is 7. The maximum atomic E-state index is 10.7. The number of halogens is 1. The minimum Gasteiger partial charge on any atom is -0.481 e. The average Bonchev–Trinajstić information content (AvgIpc) is 3.10. The van der Waals surface area contributed by atoms with Crippen molar-refractivity contribution in [2.45, 2.75) is 0 Å². The molecule has 3 aromatic rings. The largest absolute Gasteiger partial charge is 0.481 e. The summed E-state index contributed by atoms with van der Waals surface area (Å²) in [4.78, 5) is 15.1. The second-order valence-corrected chi connectivity index (χ2v) is 6.43. The van der Waals surface area contributed by atoms with Gasteiger partial charge in [0.15, 0.2) is 6.61 Å². The molecule has 0 radical (unpaired) electrons. The van der Waals surface area contributed by atoms with Gasteiger partial charge in [0.2, 0.25) is 5.13 Å². The smallest absolute Gasteiger partial charge is 0.341 e. The Hall–Kier alpha value is -2.90. The highest BCUT2D eigenvalue weighted by molar-refractivity contribution is 7.14. The summed E-state index contributed by atoms with van der Waals surface area (Å²) in [5.74, 6) is -0.677. The van der Waals surface area contributed by atoms with E-state index in [9.17, 15) is 4.79 Å².